The number of rotatable bonds is 4. The van der Waals surface area contributed by atoms with Crippen LogP contribution in [-0.2, 0) is 9.59 Å². The van der Waals surface area contributed by atoms with Crippen molar-refractivity contribution in [3.8, 4) is 0 Å². The Bertz CT molecular complexity index is 1070. The standard InChI is InChI=1S/C29H33N3O2/c1-28(2)15-9-14-24(20-28)32-21-30-27(34)29(32)16-18-31(19-17-29)26(33)25(22-10-5-3-6-11-22)23-12-7-4-8-13-23/h3-15,25H,16-21H2,1-2H3,(H,30,34). The summed E-state index contributed by atoms with van der Waals surface area (Å²) in [6.07, 6.45) is 8.67. The molecule has 2 aromatic carbocycles. The molecule has 1 spiro atoms. The van der Waals surface area contributed by atoms with E-state index in [4.69, 9.17) is 0 Å². The van der Waals surface area contributed by atoms with Gasteiger partial charge in [0.2, 0.25) is 11.8 Å². The van der Waals surface area contributed by atoms with Crippen molar-refractivity contribution in [2.45, 2.75) is 44.6 Å². The van der Waals surface area contributed by atoms with Crippen LogP contribution >= 0.6 is 0 Å². The summed E-state index contributed by atoms with van der Waals surface area (Å²) in [6.45, 7) is 6.14. The molecule has 0 bridgehead atoms. The van der Waals surface area contributed by atoms with Crippen molar-refractivity contribution >= 4 is 11.8 Å². The van der Waals surface area contributed by atoms with Crippen molar-refractivity contribution in [1.29, 1.82) is 0 Å². The zero-order chi connectivity index (χ0) is 23.8. The van der Waals surface area contributed by atoms with Crippen LogP contribution in [0.3, 0.4) is 0 Å². The molecule has 2 heterocycles. The number of nitrogens with one attached hydrogen (secondary N) is 1. The Balaban J connectivity index is 1.37. The quantitative estimate of drug-likeness (QED) is 0.742. The number of amides is 2. The highest BCUT2D eigenvalue weighted by molar-refractivity contribution is 5.90. The van der Waals surface area contributed by atoms with Crippen LogP contribution < -0.4 is 5.32 Å². The summed E-state index contributed by atoms with van der Waals surface area (Å²) in [6, 6.07) is 20.0. The van der Waals surface area contributed by atoms with E-state index in [2.05, 4.69) is 42.3 Å². The second kappa shape index (κ2) is 8.79. The molecule has 0 atom stereocenters. The summed E-state index contributed by atoms with van der Waals surface area (Å²) in [5, 5.41) is 3.09. The Kier molecular flexibility index (Phi) is 5.80. The Labute approximate surface area is 202 Å². The van der Waals surface area contributed by atoms with Gasteiger partial charge in [-0.2, -0.15) is 0 Å². The van der Waals surface area contributed by atoms with Gasteiger partial charge < -0.3 is 15.1 Å². The lowest BCUT2D eigenvalue weighted by atomic mass is 9.80. The molecule has 0 saturated carbocycles. The fourth-order valence-electron chi connectivity index (χ4n) is 5.70. The van der Waals surface area contributed by atoms with E-state index in [0.29, 0.717) is 32.6 Å². The van der Waals surface area contributed by atoms with Crippen LogP contribution in [0.5, 0.6) is 0 Å². The number of allylic oxidation sites excluding steroid dienone is 4. The van der Waals surface area contributed by atoms with Gasteiger partial charge in [0.25, 0.3) is 0 Å². The van der Waals surface area contributed by atoms with Crippen LogP contribution in [0.2, 0.25) is 0 Å². The summed E-state index contributed by atoms with van der Waals surface area (Å²) in [4.78, 5) is 31.2. The molecule has 1 aliphatic carbocycles. The molecule has 0 aromatic heterocycles. The van der Waals surface area contributed by atoms with Crippen molar-refractivity contribution in [3.63, 3.8) is 0 Å². The topological polar surface area (TPSA) is 52.7 Å². The molecule has 2 fully saturated rings. The molecule has 0 unspecified atom stereocenters. The van der Waals surface area contributed by atoms with Gasteiger partial charge in [-0.05, 0) is 41.9 Å². The van der Waals surface area contributed by atoms with Gasteiger partial charge in [0.1, 0.15) is 5.54 Å². The fraction of sp³-hybridized carbons (Fsp3) is 0.379. The lowest BCUT2D eigenvalue weighted by Gasteiger charge is -2.46. The second-order valence-corrected chi connectivity index (χ2v) is 10.4. The van der Waals surface area contributed by atoms with E-state index in [1.807, 2.05) is 65.6 Å². The molecular formula is C29H33N3O2. The molecule has 5 rings (SSSR count). The van der Waals surface area contributed by atoms with Crippen molar-refractivity contribution < 1.29 is 9.59 Å². The number of likely N-dealkylation sites (tertiary alicyclic amines) is 1. The maximum atomic E-state index is 13.8. The Hall–Kier alpha value is -3.34. The van der Waals surface area contributed by atoms with Crippen LogP contribution in [0.1, 0.15) is 50.2 Å². The van der Waals surface area contributed by atoms with Crippen molar-refractivity contribution in [1.82, 2.24) is 15.1 Å². The number of nitrogens with zero attached hydrogens (tertiary/aromatic N) is 2. The normalized spacial score (nSPS) is 21.0. The Morgan fingerprint density at radius 2 is 1.53 bits per heavy atom. The first-order chi connectivity index (χ1) is 16.4. The summed E-state index contributed by atoms with van der Waals surface area (Å²) >= 11 is 0. The lowest BCUT2D eigenvalue weighted by molar-refractivity contribution is -0.138. The number of benzene rings is 2. The van der Waals surface area contributed by atoms with Crippen molar-refractivity contribution in [2.24, 2.45) is 5.41 Å². The highest BCUT2D eigenvalue weighted by Gasteiger charge is 2.52. The zero-order valence-corrected chi connectivity index (χ0v) is 20.0. The third kappa shape index (κ3) is 4.04. The maximum Gasteiger partial charge on any atom is 0.247 e. The summed E-state index contributed by atoms with van der Waals surface area (Å²) < 4.78 is 0. The third-order valence-corrected chi connectivity index (χ3v) is 7.57. The molecular weight excluding hydrogens is 422 g/mol. The van der Waals surface area contributed by atoms with Crippen molar-refractivity contribution in [2.75, 3.05) is 19.8 Å². The number of piperidine rings is 1. The lowest BCUT2D eigenvalue weighted by Crippen LogP contribution is -2.57. The van der Waals surface area contributed by atoms with E-state index < -0.39 is 5.54 Å². The average Bonchev–Trinajstić information content (AvgIpc) is 3.15. The van der Waals surface area contributed by atoms with Gasteiger partial charge in [0.15, 0.2) is 0 Å². The largest absolute Gasteiger partial charge is 0.343 e. The number of hydrogen-bond acceptors (Lipinski definition) is 3. The summed E-state index contributed by atoms with van der Waals surface area (Å²) in [5.41, 5.74) is 2.71. The highest BCUT2D eigenvalue weighted by Crippen LogP contribution is 2.41. The average molecular weight is 456 g/mol. The minimum absolute atomic E-state index is 0.0756. The minimum Gasteiger partial charge on any atom is -0.343 e. The molecule has 2 aromatic rings. The first-order valence-corrected chi connectivity index (χ1v) is 12.2. The second-order valence-electron chi connectivity index (χ2n) is 10.4. The molecule has 2 amide bonds. The first kappa shape index (κ1) is 22.5. The molecule has 5 nitrogen and oxygen atoms in total. The van der Waals surface area contributed by atoms with E-state index in [9.17, 15) is 9.59 Å². The molecule has 3 aliphatic rings. The zero-order valence-electron chi connectivity index (χ0n) is 20.0. The molecule has 1 N–H and O–H groups in total. The van der Waals surface area contributed by atoms with Crippen LogP contribution in [0.4, 0.5) is 0 Å². The van der Waals surface area contributed by atoms with E-state index in [1.54, 1.807) is 0 Å². The van der Waals surface area contributed by atoms with Crippen LogP contribution in [0.25, 0.3) is 0 Å². The van der Waals surface area contributed by atoms with E-state index in [0.717, 1.165) is 17.5 Å². The van der Waals surface area contributed by atoms with E-state index in [1.165, 1.54) is 5.70 Å². The summed E-state index contributed by atoms with van der Waals surface area (Å²) in [5.74, 6) is -0.134. The third-order valence-electron chi connectivity index (χ3n) is 7.57. The van der Waals surface area contributed by atoms with Gasteiger partial charge in [0.05, 0.1) is 12.6 Å². The van der Waals surface area contributed by atoms with Crippen molar-refractivity contribution in [3.05, 3.63) is 95.7 Å². The van der Waals surface area contributed by atoms with Gasteiger partial charge in [-0.15, -0.1) is 0 Å². The number of hydrogen-bond donors (Lipinski definition) is 1. The molecule has 5 heteroatoms. The Morgan fingerprint density at radius 1 is 0.941 bits per heavy atom. The predicted octanol–water partition coefficient (Wildman–Crippen LogP) is 4.44. The van der Waals surface area contributed by atoms with Crippen LogP contribution in [-0.4, -0.2) is 46.9 Å². The monoisotopic (exact) mass is 455 g/mol. The van der Waals surface area contributed by atoms with Gasteiger partial charge in [-0.25, -0.2) is 0 Å². The molecule has 0 radical (unpaired) electrons. The SMILES string of the molecule is CC1(C)C=CC=C(N2CNC(=O)C23CCN(C(=O)C(c2ccccc2)c2ccccc2)CC3)C1. The Morgan fingerprint density at radius 3 is 2.09 bits per heavy atom. The minimum atomic E-state index is -0.571. The molecule has 2 aliphatic heterocycles. The molecule has 2 saturated heterocycles. The number of carbonyl (C=O) groups excluding carboxylic acids is 2. The summed E-state index contributed by atoms with van der Waals surface area (Å²) in [7, 11) is 0. The van der Waals surface area contributed by atoms with E-state index >= 15 is 0 Å². The molecule has 176 valence electrons. The number of carbonyl (C=O) groups is 2. The van der Waals surface area contributed by atoms with Gasteiger partial charge in [0, 0.05) is 18.8 Å². The smallest absolute Gasteiger partial charge is 0.247 e. The first-order valence-electron chi connectivity index (χ1n) is 12.2. The fourth-order valence-corrected chi connectivity index (χ4v) is 5.70. The predicted molar refractivity (Wildman–Crippen MR) is 134 cm³/mol. The maximum absolute atomic E-state index is 13.8. The molecule has 34 heavy (non-hydrogen) atoms. The van der Waals surface area contributed by atoms with Gasteiger partial charge in [-0.3, -0.25) is 9.59 Å². The van der Waals surface area contributed by atoms with Crippen LogP contribution in [0, 0.1) is 5.41 Å². The van der Waals surface area contributed by atoms with E-state index in [-0.39, 0.29) is 23.1 Å². The van der Waals surface area contributed by atoms with Gasteiger partial charge >= 0.3 is 0 Å². The highest BCUT2D eigenvalue weighted by atomic mass is 16.2. The van der Waals surface area contributed by atoms with Crippen LogP contribution in [0.15, 0.2) is 84.6 Å². The van der Waals surface area contributed by atoms with Gasteiger partial charge in [-0.1, -0.05) is 86.7 Å².